The summed E-state index contributed by atoms with van der Waals surface area (Å²) in [5, 5.41) is 9.51. The molecule has 0 aliphatic rings. The normalized spacial score (nSPS) is 10.1. The first-order valence-electron chi connectivity index (χ1n) is 7.06. The molecule has 0 aliphatic carbocycles. The van der Waals surface area contributed by atoms with Crippen molar-refractivity contribution >= 4 is 0 Å². The molecule has 0 bridgehead atoms. The predicted octanol–water partition coefficient (Wildman–Crippen LogP) is 3.39. The molecule has 0 unspecified atom stereocenters. The Kier molecular flexibility index (Phi) is 3.98. The van der Waals surface area contributed by atoms with Gasteiger partial charge >= 0.3 is 0 Å². The van der Waals surface area contributed by atoms with E-state index in [1.54, 1.807) is 18.5 Å². The Morgan fingerprint density at radius 1 is 1.09 bits per heavy atom. The first-order valence-corrected chi connectivity index (χ1v) is 7.06. The molecule has 2 aromatic heterocycles. The number of hydrogen-bond acceptors (Lipinski definition) is 5. The topological polar surface area (TPSA) is 71.7 Å². The quantitative estimate of drug-likeness (QED) is 0.741. The summed E-state index contributed by atoms with van der Waals surface area (Å²) in [5.74, 6) is 0.761. The zero-order valence-electron chi connectivity index (χ0n) is 12.8. The zero-order valence-corrected chi connectivity index (χ0v) is 12.8. The molecule has 0 radical (unpaired) electrons. The summed E-state index contributed by atoms with van der Waals surface area (Å²) in [6.07, 6.45) is 3.31. The van der Waals surface area contributed by atoms with Crippen LogP contribution in [0.5, 0.6) is 5.88 Å². The highest BCUT2D eigenvalue weighted by atomic mass is 16.5. The first-order chi connectivity index (χ1) is 11.2. The second-order valence-electron chi connectivity index (χ2n) is 4.99. The molecule has 2 heterocycles. The Hall–Kier alpha value is -3.26. The number of aromatic nitrogens is 3. The Bertz CT molecular complexity index is 868. The number of aryl methyl sites for hydroxylation is 1. The molecule has 0 saturated heterocycles. The van der Waals surface area contributed by atoms with Crippen LogP contribution in [0, 0.1) is 18.3 Å². The van der Waals surface area contributed by atoms with Gasteiger partial charge in [0.1, 0.15) is 17.3 Å². The van der Waals surface area contributed by atoms with Crippen LogP contribution < -0.4 is 4.74 Å². The third-order valence-electron chi connectivity index (χ3n) is 3.45. The van der Waals surface area contributed by atoms with E-state index in [0.717, 1.165) is 16.7 Å². The van der Waals surface area contributed by atoms with Gasteiger partial charge in [-0.3, -0.25) is 0 Å². The molecule has 0 amide bonds. The standard InChI is InChI=1S/C18H14N4O/c1-12-4-6-13(7-5-12)14-10-16(17-20-8-3-9-21-17)22-18(23-2)15(14)11-19/h3-10H,1-2H3. The second-order valence-corrected chi connectivity index (χ2v) is 4.99. The first kappa shape index (κ1) is 14.7. The lowest BCUT2D eigenvalue weighted by molar-refractivity contribution is 0.397. The Morgan fingerprint density at radius 3 is 2.39 bits per heavy atom. The molecule has 0 saturated carbocycles. The van der Waals surface area contributed by atoms with Crippen molar-refractivity contribution < 1.29 is 4.74 Å². The molecule has 1 aromatic carbocycles. The Balaban J connectivity index is 2.25. The van der Waals surface area contributed by atoms with E-state index in [2.05, 4.69) is 21.0 Å². The predicted molar refractivity (Wildman–Crippen MR) is 86.7 cm³/mol. The van der Waals surface area contributed by atoms with Gasteiger partial charge in [0.25, 0.3) is 0 Å². The summed E-state index contributed by atoms with van der Waals surface area (Å²) in [5.41, 5.74) is 3.79. The highest BCUT2D eigenvalue weighted by molar-refractivity contribution is 5.76. The maximum Gasteiger partial charge on any atom is 0.232 e. The molecular weight excluding hydrogens is 288 g/mol. The molecule has 0 aliphatic heterocycles. The molecule has 0 spiro atoms. The van der Waals surface area contributed by atoms with E-state index >= 15 is 0 Å². The summed E-state index contributed by atoms with van der Waals surface area (Å²) in [6.45, 7) is 2.02. The number of rotatable bonds is 3. The van der Waals surface area contributed by atoms with E-state index in [9.17, 15) is 5.26 Å². The highest BCUT2D eigenvalue weighted by Gasteiger charge is 2.16. The lowest BCUT2D eigenvalue weighted by Crippen LogP contribution is -1.99. The summed E-state index contributed by atoms with van der Waals surface area (Å²) in [4.78, 5) is 12.8. The van der Waals surface area contributed by atoms with Crippen LogP contribution in [0.2, 0.25) is 0 Å². The van der Waals surface area contributed by atoms with Crippen LogP contribution in [0.4, 0.5) is 0 Å². The molecular formula is C18H14N4O. The summed E-state index contributed by atoms with van der Waals surface area (Å²) in [7, 11) is 1.50. The Morgan fingerprint density at radius 2 is 1.78 bits per heavy atom. The minimum atomic E-state index is 0.271. The van der Waals surface area contributed by atoms with Crippen LogP contribution in [0.15, 0.2) is 48.8 Å². The van der Waals surface area contributed by atoms with Gasteiger partial charge in [0, 0.05) is 18.0 Å². The van der Waals surface area contributed by atoms with Crippen molar-refractivity contribution in [2.24, 2.45) is 0 Å². The van der Waals surface area contributed by atoms with Gasteiger partial charge in [-0.2, -0.15) is 5.26 Å². The van der Waals surface area contributed by atoms with Gasteiger partial charge < -0.3 is 4.74 Å². The van der Waals surface area contributed by atoms with Gasteiger partial charge in [-0.25, -0.2) is 15.0 Å². The van der Waals surface area contributed by atoms with E-state index in [1.165, 1.54) is 7.11 Å². The van der Waals surface area contributed by atoms with Crippen molar-refractivity contribution in [3.8, 4) is 34.6 Å². The average molecular weight is 302 g/mol. The lowest BCUT2D eigenvalue weighted by Gasteiger charge is -2.11. The van der Waals surface area contributed by atoms with Crippen molar-refractivity contribution in [3.63, 3.8) is 0 Å². The van der Waals surface area contributed by atoms with Gasteiger partial charge in [-0.1, -0.05) is 29.8 Å². The maximum absolute atomic E-state index is 9.51. The number of pyridine rings is 1. The van der Waals surface area contributed by atoms with E-state index in [-0.39, 0.29) is 5.88 Å². The monoisotopic (exact) mass is 302 g/mol. The SMILES string of the molecule is COc1nc(-c2ncccn2)cc(-c2ccc(C)cc2)c1C#N. The minimum Gasteiger partial charge on any atom is -0.480 e. The van der Waals surface area contributed by atoms with Crippen LogP contribution in [0.3, 0.4) is 0 Å². The number of hydrogen-bond donors (Lipinski definition) is 0. The fraction of sp³-hybridized carbons (Fsp3) is 0.111. The van der Waals surface area contributed by atoms with Crippen LogP contribution >= 0.6 is 0 Å². The fourth-order valence-corrected chi connectivity index (χ4v) is 2.28. The third kappa shape index (κ3) is 2.87. The molecule has 0 fully saturated rings. The van der Waals surface area contributed by atoms with Gasteiger partial charge in [0.2, 0.25) is 5.88 Å². The number of benzene rings is 1. The molecule has 5 heteroatoms. The van der Waals surface area contributed by atoms with Crippen molar-refractivity contribution in [1.82, 2.24) is 15.0 Å². The van der Waals surface area contributed by atoms with Crippen LogP contribution in [0.1, 0.15) is 11.1 Å². The molecule has 3 rings (SSSR count). The van der Waals surface area contributed by atoms with E-state index in [1.807, 2.05) is 37.3 Å². The van der Waals surface area contributed by atoms with Gasteiger partial charge in [0.05, 0.1) is 7.11 Å². The van der Waals surface area contributed by atoms with E-state index in [0.29, 0.717) is 17.1 Å². The minimum absolute atomic E-state index is 0.271. The number of ether oxygens (including phenoxy) is 1. The third-order valence-corrected chi connectivity index (χ3v) is 3.45. The molecule has 0 atom stereocenters. The average Bonchev–Trinajstić information content (AvgIpc) is 2.62. The summed E-state index contributed by atoms with van der Waals surface area (Å²) < 4.78 is 5.30. The van der Waals surface area contributed by atoms with Crippen molar-refractivity contribution in [1.29, 1.82) is 5.26 Å². The number of nitrogens with zero attached hydrogens (tertiary/aromatic N) is 4. The van der Waals surface area contributed by atoms with Crippen molar-refractivity contribution in [2.45, 2.75) is 6.92 Å². The maximum atomic E-state index is 9.51. The molecule has 0 N–H and O–H groups in total. The lowest BCUT2D eigenvalue weighted by atomic mass is 9.99. The second kappa shape index (κ2) is 6.24. The van der Waals surface area contributed by atoms with Gasteiger partial charge in [-0.15, -0.1) is 0 Å². The number of methoxy groups -OCH3 is 1. The van der Waals surface area contributed by atoms with Gasteiger partial charge in [-0.05, 0) is 24.6 Å². The summed E-state index contributed by atoms with van der Waals surface area (Å²) in [6, 6.07) is 13.7. The number of nitriles is 1. The molecule has 112 valence electrons. The van der Waals surface area contributed by atoms with E-state index < -0.39 is 0 Å². The Labute approximate surface area is 134 Å². The van der Waals surface area contributed by atoms with Crippen molar-refractivity contribution in [3.05, 3.63) is 59.9 Å². The van der Waals surface area contributed by atoms with Gasteiger partial charge in [0.15, 0.2) is 5.82 Å². The van der Waals surface area contributed by atoms with E-state index in [4.69, 9.17) is 4.74 Å². The van der Waals surface area contributed by atoms with Crippen LogP contribution in [0.25, 0.3) is 22.6 Å². The fourth-order valence-electron chi connectivity index (χ4n) is 2.28. The summed E-state index contributed by atoms with van der Waals surface area (Å²) >= 11 is 0. The zero-order chi connectivity index (χ0) is 16.2. The smallest absolute Gasteiger partial charge is 0.232 e. The van der Waals surface area contributed by atoms with Crippen LogP contribution in [-0.2, 0) is 0 Å². The molecule has 3 aromatic rings. The largest absolute Gasteiger partial charge is 0.480 e. The highest BCUT2D eigenvalue weighted by Crippen LogP contribution is 2.32. The molecule has 23 heavy (non-hydrogen) atoms. The van der Waals surface area contributed by atoms with Crippen molar-refractivity contribution in [2.75, 3.05) is 7.11 Å². The van der Waals surface area contributed by atoms with Crippen LogP contribution in [-0.4, -0.2) is 22.1 Å². The molecule has 5 nitrogen and oxygen atoms in total.